The third-order valence-corrected chi connectivity index (χ3v) is 3.39. The SMILES string of the molecule is NC(=O)c1ccc(N)cc1OCc1ccccc1Br. The highest BCUT2D eigenvalue weighted by molar-refractivity contribution is 9.10. The molecule has 4 N–H and O–H groups in total. The van der Waals surface area contributed by atoms with Crippen molar-refractivity contribution in [2.75, 3.05) is 5.73 Å². The first kappa shape index (κ1) is 13.4. The number of carbonyl (C=O) groups excluding carboxylic acids is 1. The molecule has 0 radical (unpaired) electrons. The second kappa shape index (κ2) is 5.75. The van der Waals surface area contributed by atoms with Gasteiger partial charge in [0.05, 0.1) is 5.56 Å². The predicted octanol–water partition coefficient (Wildman–Crippen LogP) is 2.71. The van der Waals surface area contributed by atoms with Crippen LogP contribution in [0.4, 0.5) is 5.69 Å². The Morgan fingerprint density at radius 3 is 2.63 bits per heavy atom. The first-order chi connectivity index (χ1) is 9.08. The second-order valence-corrected chi connectivity index (χ2v) is 4.85. The summed E-state index contributed by atoms with van der Waals surface area (Å²) < 4.78 is 6.58. The van der Waals surface area contributed by atoms with Crippen molar-refractivity contribution in [1.29, 1.82) is 0 Å². The Hall–Kier alpha value is -2.01. The molecule has 0 saturated carbocycles. The number of amides is 1. The number of primary amides is 1. The predicted molar refractivity (Wildman–Crippen MR) is 77.8 cm³/mol. The molecule has 98 valence electrons. The summed E-state index contributed by atoms with van der Waals surface area (Å²) in [5, 5.41) is 0. The van der Waals surface area contributed by atoms with E-state index in [2.05, 4.69) is 15.9 Å². The molecule has 0 atom stereocenters. The van der Waals surface area contributed by atoms with Gasteiger partial charge in [0.2, 0.25) is 0 Å². The fraction of sp³-hybridized carbons (Fsp3) is 0.0714. The standard InChI is InChI=1S/C14H13BrN2O2/c15-12-4-2-1-3-9(12)8-19-13-7-10(16)5-6-11(13)14(17)18/h1-7H,8,16H2,(H2,17,18). The Bertz CT molecular complexity index is 614. The minimum Gasteiger partial charge on any atom is -0.488 e. The molecule has 0 bridgehead atoms. The van der Waals surface area contributed by atoms with Gasteiger partial charge in [0.15, 0.2) is 0 Å². The van der Waals surface area contributed by atoms with Crippen LogP contribution in [0.25, 0.3) is 0 Å². The summed E-state index contributed by atoms with van der Waals surface area (Å²) in [6.45, 7) is 0.325. The molecule has 0 saturated heterocycles. The number of nitrogen functional groups attached to an aromatic ring is 1. The van der Waals surface area contributed by atoms with E-state index in [1.165, 1.54) is 0 Å². The normalized spacial score (nSPS) is 10.2. The van der Waals surface area contributed by atoms with Gasteiger partial charge in [0, 0.05) is 21.8 Å². The van der Waals surface area contributed by atoms with Crippen LogP contribution in [0, 0.1) is 0 Å². The fourth-order valence-corrected chi connectivity index (χ4v) is 2.03. The molecule has 19 heavy (non-hydrogen) atoms. The number of anilines is 1. The van der Waals surface area contributed by atoms with Crippen LogP contribution in [-0.4, -0.2) is 5.91 Å². The van der Waals surface area contributed by atoms with Gasteiger partial charge in [-0.2, -0.15) is 0 Å². The smallest absolute Gasteiger partial charge is 0.252 e. The van der Waals surface area contributed by atoms with Crippen molar-refractivity contribution in [1.82, 2.24) is 0 Å². The molecular formula is C14H13BrN2O2. The lowest BCUT2D eigenvalue weighted by molar-refractivity contribution is 0.0996. The molecule has 0 aliphatic rings. The van der Waals surface area contributed by atoms with Crippen LogP contribution in [-0.2, 0) is 6.61 Å². The van der Waals surface area contributed by atoms with Crippen molar-refractivity contribution in [2.24, 2.45) is 5.73 Å². The van der Waals surface area contributed by atoms with Gasteiger partial charge < -0.3 is 16.2 Å². The lowest BCUT2D eigenvalue weighted by Crippen LogP contribution is -2.13. The van der Waals surface area contributed by atoms with Gasteiger partial charge in [0.1, 0.15) is 12.4 Å². The summed E-state index contributed by atoms with van der Waals surface area (Å²) in [6, 6.07) is 12.5. The third kappa shape index (κ3) is 3.26. The molecule has 0 unspecified atom stereocenters. The average molecular weight is 321 g/mol. The number of rotatable bonds is 4. The van der Waals surface area contributed by atoms with Gasteiger partial charge in [-0.1, -0.05) is 34.1 Å². The zero-order chi connectivity index (χ0) is 13.8. The molecule has 0 aliphatic heterocycles. The molecular weight excluding hydrogens is 308 g/mol. The maximum atomic E-state index is 11.3. The van der Waals surface area contributed by atoms with Crippen LogP contribution >= 0.6 is 15.9 Å². The van der Waals surface area contributed by atoms with Gasteiger partial charge >= 0.3 is 0 Å². The van der Waals surface area contributed by atoms with E-state index >= 15 is 0 Å². The van der Waals surface area contributed by atoms with Crippen LogP contribution in [0.2, 0.25) is 0 Å². The molecule has 2 aromatic carbocycles. The van der Waals surface area contributed by atoms with Gasteiger partial charge in [-0.05, 0) is 18.2 Å². The molecule has 0 fully saturated rings. The number of hydrogen-bond donors (Lipinski definition) is 2. The molecule has 0 heterocycles. The van der Waals surface area contributed by atoms with E-state index in [9.17, 15) is 4.79 Å². The monoisotopic (exact) mass is 320 g/mol. The number of halogens is 1. The molecule has 1 amide bonds. The summed E-state index contributed by atoms with van der Waals surface area (Å²) >= 11 is 3.44. The molecule has 0 spiro atoms. The quantitative estimate of drug-likeness (QED) is 0.850. The minimum absolute atomic E-state index is 0.321. The molecule has 0 aromatic heterocycles. The van der Waals surface area contributed by atoms with Gasteiger partial charge in [-0.3, -0.25) is 4.79 Å². The lowest BCUT2D eigenvalue weighted by atomic mass is 10.1. The molecule has 2 rings (SSSR count). The highest BCUT2D eigenvalue weighted by Gasteiger charge is 2.10. The number of carbonyl (C=O) groups is 1. The Kier molecular flexibility index (Phi) is 4.06. The third-order valence-electron chi connectivity index (χ3n) is 2.61. The average Bonchev–Trinajstić information content (AvgIpc) is 2.37. The van der Waals surface area contributed by atoms with Crippen molar-refractivity contribution in [3.63, 3.8) is 0 Å². The van der Waals surface area contributed by atoms with E-state index in [-0.39, 0.29) is 0 Å². The van der Waals surface area contributed by atoms with Crippen LogP contribution in [0.5, 0.6) is 5.75 Å². The zero-order valence-corrected chi connectivity index (χ0v) is 11.7. The highest BCUT2D eigenvalue weighted by atomic mass is 79.9. The lowest BCUT2D eigenvalue weighted by Gasteiger charge is -2.11. The summed E-state index contributed by atoms with van der Waals surface area (Å²) in [5.74, 6) is -0.148. The van der Waals surface area contributed by atoms with Gasteiger partial charge in [-0.25, -0.2) is 0 Å². The summed E-state index contributed by atoms with van der Waals surface area (Å²) in [4.78, 5) is 11.3. The summed E-state index contributed by atoms with van der Waals surface area (Å²) in [7, 11) is 0. The van der Waals surface area contributed by atoms with E-state index in [4.69, 9.17) is 16.2 Å². The largest absolute Gasteiger partial charge is 0.488 e. The Labute approximate surface area is 119 Å². The Balaban J connectivity index is 2.22. The van der Waals surface area contributed by atoms with Crippen molar-refractivity contribution in [3.05, 3.63) is 58.1 Å². The number of nitrogens with two attached hydrogens (primary N) is 2. The maximum absolute atomic E-state index is 11.3. The van der Waals surface area contributed by atoms with E-state index in [0.717, 1.165) is 10.0 Å². The Morgan fingerprint density at radius 1 is 1.21 bits per heavy atom. The van der Waals surface area contributed by atoms with Crippen molar-refractivity contribution < 1.29 is 9.53 Å². The molecule has 5 heteroatoms. The number of hydrogen-bond acceptors (Lipinski definition) is 3. The number of benzene rings is 2. The van der Waals surface area contributed by atoms with Crippen molar-refractivity contribution in [3.8, 4) is 5.75 Å². The van der Waals surface area contributed by atoms with E-state index in [0.29, 0.717) is 23.6 Å². The van der Waals surface area contributed by atoms with Crippen molar-refractivity contribution >= 4 is 27.5 Å². The zero-order valence-electron chi connectivity index (χ0n) is 10.1. The maximum Gasteiger partial charge on any atom is 0.252 e. The summed E-state index contributed by atoms with van der Waals surface area (Å²) in [6.07, 6.45) is 0. The first-order valence-corrected chi connectivity index (χ1v) is 6.43. The molecule has 4 nitrogen and oxygen atoms in total. The van der Waals surface area contributed by atoms with Crippen molar-refractivity contribution in [2.45, 2.75) is 6.61 Å². The van der Waals surface area contributed by atoms with E-state index in [1.54, 1.807) is 18.2 Å². The van der Waals surface area contributed by atoms with Gasteiger partial charge in [0.25, 0.3) is 5.91 Å². The topological polar surface area (TPSA) is 78.3 Å². The van der Waals surface area contributed by atoms with Crippen LogP contribution in [0.1, 0.15) is 15.9 Å². The van der Waals surface area contributed by atoms with E-state index < -0.39 is 5.91 Å². The van der Waals surface area contributed by atoms with Gasteiger partial charge in [-0.15, -0.1) is 0 Å². The van der Waals surface area contributed by atoms with Crippen LogP contribution < -0.4 is 16.2 Å². The number of ether oxygens (including phenoxy) is 1. The molecule has 2 aromatic rings. The molecule has 0 aliphatic carbocycles. The summed E-state index contributed by atoms with van der Waals surface area (Å²) in [5.41, 5.74) is 12.8. The Morgan fingerprint density at radius 2 is 1.95 bits per heavy atom. The van der Waals surface area contributed by atoms with E-state index in [1.807, 2.05) is 24.3 Å². The fourth-order valence-electron chi connectivity index (χ4n) is 1.63. The highest BCUT2D eigenvalue weighted by Crippen LogP contribution is 2.24. The second-order valence-electron chi connectivity index (χ2n) is 4.00. The first-order valence-electron chi connectivity index (χ1n) is 5.63. The van der Waals surface area contributed by atoms with Crippen LogP contribution in [0.15, 0.2) is 46.9 Å². The van der Waals surface area contributed by atoms with Crippen LogP contribution in [0.3, 0.4) is 0 Å². The minimum atomic E-state index is -0.540.